The molecule has 0 aliphatic heterocycles. The average Bonchev–Trinajstić information content (AvgIpc) is 2.38. The van der Waals surface area contributed by atoms with Crippen LogP contribution in [0.2, 0.25) is 0 Å². The van der Waals surface area contributed by atoms with Gasteiger partial charge in [-0.15, -0.1) is 12.4 Å². The largest absolute Gasteiger partial charge is 0.481 e. The molecule has 0 spiro atoms. The lowest BCUT2D eigenvalue weighted by atomic mass is 9.95. The standard InChI is InChI=1S/C16H18N2O2.ClH/c1-10-4-3-5-11(2)16(10)13-6-12(8-18-9-13)14(17)7-15(19)20;/h3-6,8-9,14H,7,17H2,1-2H3,(H,19,20);1H/t14-;/m0./s1. The van der Waals surface area contributed by atoms with E-state index in [0.29, 0.717) is 0 Å². The third kappa shape index (κ3) is 4.03. The van der Waals surface area contributed by atoms with Crippen LogP contribution in [0.4, 0.5) is 0 Å². The van der Waals surface area contributed by atoms with Gasteiger partial charge >= 0.3 is 5.97 Å². The van der Waals surface area contributed by atoms with E-state index in [1.807, 2.05) is 38.1 Å². The Bertz CT molecular complexity index is 624. The van der Waals surface area contributed by atoms with Crippen LogP contribution in [0.3, 0.4) is 0 Å². The Hall–Kier alpha value is -1.91. The van der Waals surface area contributed by atoms with Crippen LogP contribution in [0.15, 0.2) is 36.7 Å². The molecule has 2 rings (SSSR count). The highest BCUT2D eigenvalue weighted by molar-refractivity contribution is 5.85. The molecule has 2 aromatic rings. The molecule has 1 heterocycles. The minimum Gasteiger partial charge on any atom is -0.481 e. The molecule has 112 valence electrons. The van der Waals surface area contributed by atoms with Gasteiger partial charge in [-0.05, 0) is 42.2 Å². The molecule has 3 N–H and O–H groups in total. The zero-order chi connectivity index (χ0) is 14.7. The second kappa shape index (κ2) is 7.20. The van der Waals surface area contributed by atoms with Crippen LogP contribution in [0.5, 0.6) is 0 Å². The monoisotopic (exact) mass is 306 g/mol. The lowest BCUT2D eigenvalue weighted by Gasteiger charge is -2.13. The maximum Gasteiger partial charge on any atom is 0.305 e. The van der Waals surface area contributed by atoms with E-state index in [9.17, 15) is 4.79 Å². The van der Waals surface area contributed by atoms with Crippen LogP contribution >= 0.6 is 12.4 Å². The summed E-state index contributed by atoms with van der Waals surface area (Å²) in [5.41, 5.74) is 11.1. The second-order valence-electron chi connectivity index (χ2n) is 4.98. The molecule has 0 unspecified atom stereocenters. The summed E-state index contributed by atoms with van der Waals surface area (Å²) in [5, 5.41) is 8.82. The number of aryl methyl sites for hydroxylation is 2. The number of benzene rings is 1. The first kappa shape index (κ1) is 17.1. The number of aliphatic carboxylic acids is 1. The van der Waals surface area contributed by atoms with Crippen molar-refractivity contribution in [1.29, 1.82) is 0 Å². The molecule has 1 aromatic carbocycles. The lowest BCUT2D eigenvalue weighted by Crippen LogP contribution is -2.15. The molecule has 1 aromatic heterocycles. The third-order valence-corrected chi connectivity index (χ3v) is 3.35. The minimum atomic E-state index is -0.907. The van der Waals surface area contributed by atoms with Gasteiger partial charge in [0.05, 0.1) is 6.42 Å². The number of aromatic nitrogens is 1. The maximum atomic E-state index is 10.7. The quantitative estimate of drug-likeness (QED) is 0.909. The number of hydrogen-bond donors (Lipinski definition) is 2. The van der Waals surface area contributed by atoms with E-state index in [1.165, 1.54) is 0 Å². The maximum absolute atomic E-state index is 10.7. The van der Waals surface area contributed by atoms with Crippen LogP contribution in [0.1, 0.15) is 29.2 Å². The highest BCUT2D eigenvalue weighted by Crippen LogP contribution is 2.28. The van der Waals surface area contributed by atoms with Crippen molar-refractivity contribution in [3.05, 3.63) is 53.3 Å². The zero-order valence-electron chi connectivity index (χ0n) is 12.0. The number of hydrogen-bond acceptors (Lipinski definition) is 3. The minimum absolute atomic E-state index is 0. The summed E-state index contributed by atoms with van der Waals surface area (Å²) in [5.74, 6) is -0.907. The summed E-state index contributed by atoms with van der Waals surface area (Å²) < 4.78 is 0. The van der Waals surface area contributed by atoms with Gasteiger partial charge < -0.3 is 10.8 Å². The number of halogens is 1. The van der Waals surface area contributed by atoms with E-state index in [0.717, 1.165) is 27.8 Å². The van der Waals surface area contributed by atoms with Crippen molar-refractivity contribution in [1.82, 2.24) is 4.98 Å². The predicted molar refractivity (Wildman–Crippen MR) is 85.6 cm³/mol. The van der Waals surface area contributed by atoms with Crippen LogP contribution in [0, 0.1) is 13.8 Å². The van der Waals surface area contributed by atoms with Crippen molar-refractivity contribution in [2.45, 2.75) is 26.3 Å². The summed E-state index contributed by atoms with van der Waals surface area (Å²) in [6.07, 6.45) is 3.31. The first-order valence-electron chi connectivity index (χ1n) is 6.48. The van der Waals surface area contributed by atoms with E-state index < -0.39 is 12.0 Å². The predicted octanol–water partition coefficient (Wildman–Crippen LogP) is 3.26. The topological polar surface area (TPSA) is 76.2 Å². The Morgan fingerprint density at radius 1 is 1.29 bits per heavy atom. The van der Waals surface area contributed by atoms with Crippen LogP contribution in [-0.2, 0) is 4.79 Å². The molecule has 0 saturated heterocycles. The van der Waals surface area contributed by atoms with Crippen molar-refractivity contribution >= 4 is 18.4 Å². The van der Waals surface area contributed by atoms with Gasteiger partial charge in [-0.3, -0.25) is 9.78 Å². The molecular formula is C16H19ClN2O2. The molecule has 0 saturated carbocycles. The summed E-state index contributed by atoms with van der Waals surface area (Å²) in [4.78, 5) is 14.9. The Morgan fingerprint density at radius 2 is 1.90 bits per heavy atom. The summed E-state index contributed by atoms with van der Waals surface area (Å²) in [7, 11) is 0. The number of carboxylic acid groups (broad SMARTS) is 1. The van der Waals surface area contributed by atoms with Gasteiger partial charge in [0.1, 0.15) is 0 Å². The fraction of sp³-hybridized carbons (Fsp3) is 0.250. The van der Waals surface area contributed by atoms with Crippen molar-refractivity contribution in [2.75, 3.05) is 0 Å². The first-order valence-corrected chi connectivity index (χ1v) is 6.48. The highest BCUT2D eigenvalue weighted by atomic mass is 35.5. The Balaban J connectivity index is 0.00000220. The van der Waals surface area contributed by atoms with Gasteiger partial charge in [-0.2, -0.15) is 0 Å². The van der Waals surface area contributed by atoms with E-state index in [-0.39, 0.29) is 18.8 Å². The van der Waals surface area contributed by atoms with Crippen molar-refractivity contribution < 1.29 is 9.90 Å². The molecule has 4 nitrogen and oxygen atoms in total. The Labute approximate surface area is 130 Å². The van der Waals surface area contributed by atoms with Crippen LogP contribution < -0.4 is 5.73 Å². The zero-order valence-corrected chi connectivity index (χ0v) is 12.9. The number of carbonyl (C=O) groups is 1. The molecular weight excluding hydrogens is 288 g/mol. The molecule has 1 atom stereocenters. The van der Waals surface area contributed by atoms with Gasteiger partial charge in [-0.1, -0.05) is 18.2 Å². The number of nitrogens with zero attached hydrogens (tertiary/aromatic N) is 1. The Morgan fingerprint density at radius 3 is 2.48 bits per heavy atom. The second-order valence-corrected chi connectivity index (χ2v) is 4.98. The number of carboxylic acids is 1. The molecule has 5 heteroatoms. The van der Waals surface area contributed by atoms with E-state index in [4.69, 9.17) is 10.8 Å². The molecule has 0 radical (unpaired) electrons. The van der Waals surface area contributed by atoms with Crippen molar-refractivity contribution in [3.63, 3.8) is 0 Å². The first-order chi connectivity index (χ1) is 9.49. The molecule has 21 heavy (non-hydrogen) atoms. The van der Waals surface area contributed by atoms with Gasteiger partial charge in [0.25, 0.3) is 0 Å². The smallest absolute Gasteiger partial charge is 0.305 e. The van der Waals surface area contributed by atoms with Gasteiger partial charge in [0, 0.05) is 24.0 Å². The van der Waals surface area contributed by atoms with Crippen molar-refractivity contribution in [3.8, 4) is 11.1 Å². The Kier molecular flexibility index (Phi) is 5.88. The van der Waals surface area contributed by atoms with Crippen LogP contribution in [0.25, 0.3) is 11.1 Å². The normalized spacial score (nSPS) is 11.6. The van der Waals surface area contributed by atoms with Crippen LogP contribution in [-0.4, -0.2) is 16.1 Å². The van der Waals surface area contributed by atoms with Gasteiger partial charge in [0.2, 0.25) is 0 Å². The molecule has 0 bridgehead atoms. The number of rotatable bonds is 4. The summed E-state index contributed by atoms with van der Waals surface area (Å²) in [6, 6.07) is 7.50. The van der Waals surface area contributed by atoms with E-state index >= 15 is 0 Å². The lowest BCUT2D eigenvalue weighted by molar-refractivity contribution is -0.137. The van der Waals surface area contributed by atoms with E-state index in [1.54, 1.807) is 12.4 Å². The van der Waals surface area contributed by atoms with Crippen molar-refractivity contribution in [2.24, 2.45) is 5.73 Å². The highest BCUT2D eigenvalue weighted by Gasteiger charge is 2.13. The summed E-state index contributed by atoms with van der Waals surface area (Å²) >= 11 is 0. The average molecular weight is 307 g/mol. The molecule has 0 aliphatic carbocycles. The number of nitrogens with two attached hydrogens (primary N) is 1. The molecule has 0 aliphatic rings. The van der Waals surface area contributed by atoms with Gasteiger partial charge in [0.15, 0.2) is 0 Å². The number of pyridine rings is 1. The third-order valence-electron chi connectivity index (χ3n) is 3.35. The van der Waals surface area contributed by atoms with E-state index in [2.05, 4.69) is 4.98 Å². The fourth-order valence-electron chi connectivity index (χ4n) is 2.37. The molecule has 0 amide bonds. The summed E-state index contributed by atoms with van der Waals surface area (Å²) in [6.45, 7) is 4.10. The molecule has 0 fully saturated rings. The SMILES string of the molecule is Cc1cccc(C)c1-c1cncc([C@@H](N)CC(=O)O)c1.Cl. The fourth-order valence-corrected chi connectivity index (χ4v) is 2.37. The van der Waals surface area contributed by atoms with Gasteiger partial charge in [-0.25, -0.2) is 0 Å².